The van der Waals surface area contributed by atoms with E-state index >= 15 is 0 Å². The maximum absolute atomic E-state index is 5.95. The first-order valence-electron chi connectivity index (χ1n) is 7.89. The van der Waals surface area contributed by atoms with Crippen molar-refractivity contribution < 1.29 is 4.74 Å². The molecule has 2 aliphatic carbocycles. The van der Waals surface area contributed by atoms with Gasteiger partial charge in [-0.2, -0.15) is 16.7 Å². The van der Waals surface area contributed by atoms with E-state index in [4.69, 9.17) is 10.5 Å². The second-order valence-corrected chi connectivity index (χ2v) is 7.57. The number of thioether (sulfide) groups is 1. The highest BCUT2D eigenvalue weighted by Crippen LogP contribution is 2.40. The third kappa shape index (κ3) is 3.76. The van der Waals surface area contributed by atoms with Gasteiger partial charge in [-0.25, -0.2) is 0 Å². The number of hydrogen-bond acceptors (Lipinski definition) is 5. The number of ether oxygens (including phenoxy) is 1. The van der Waals surface area contributed by atoms with Crippen molar-refractivity contribution in [3.8, 4) is 5.88 Å². The molecule has 1 aromatic heterocycles. The molecular formula is C16H25N3OS. The van der Waals surface area contributed by atoms with E-state index in [9.17, 15) is 0 Å². The summed E-state index contributed by atoms with van der Waals surface area (Å²) < 4.78 is 6.12. The van der Waals surface area contributed by atoms with Crippen LogP contribution in [0.2, 0.25) is 0 Å². The average molecular weight is 307 g/mol. The number of nitrogens with one attached hydrogen (secondary N) is 1. The largest absolute Gasteiger partial charge is 0.476 e. The molecule has 2 aliphatic rings. The van der Waals surface area contributed by atoms with Crippen LogP contribution in [0, 0.1) is 5.92 Å². The molecule has 0 aromatic carbocycles. The zero-order valence-electron chi connectivity index (χ0n) is 12.7. The van der Waals surface area contributed by atoms with E-state index in [1.165, 1.54) is 38.5 Å². The molecule has 3 N–H and O–H groups in total. The van der Waals surface area contributed by atoms with E-state index in [1.807, 2.05) is 23.9 Å². The summed E-state index contributed by atoms with van der Waals surface area (Å²) in [6.07, 6.45) is 10.0. The van der Waals surface area contributed by atoms with Crippen LogP contribution in [0.25, 0.3) is 0 Å². The molecule has 2 fully saturated rings. The van der Waals surface area contributed by atoms with Gasteiger partial charge in [-0.15, -0.1) is 0 Å². The maximum atomic E-state index is 5.95. The van der Waals surface area contributed by atoms with E-state index < -0.39 is 0 Å². The fourth-order valence-corrected chi connectivity index (χ4v) is 3.78. The number of aromatic nitrogens is 1. The lowest BCUT2D eigenvalue weighted by Crippen LogP contribution is -2.30. The molecule has 0 aliphatic heterocycles. The van der Waals surface area contributed by atoms with Crippen molar-refractivity contribution in [3.05, 3.63) is 12.1 Å². The van der Waals surface area contributed by atoms with E-state index in [0.717, 1.165) is 19.0 Å². The van der Waals surface area contributed by atoms with Crippen LogP contribution < -0.4 is 15.8 Å². The highest BCUT2D eigenvalue weighted by Gasteiger charge is 2.32. The molecule has 3 rings (SSSR count). The first kappa shape index (κ1) is 14.8. The SMILES string of the molecule is CSC1(CNc2ccc(N)c(OCC3CC3)n2)CCCC1. The molecule has 0 unspecified atom stereocenters. The molecule has 1 aromatic rings. The molecule has 1 heterocycles. The Morgan fingerprint density at radius 3 is 2.81 bits per heavy atom. The highest BCUT2D eigenvalue weighted by molar-refractivity contribution is 8.00. The summed E-state index contributed by atoms with van der Waals surface area (Å²) >= 11 is 1.98. The topological polar surface area (TPSA) is 60.2 Å². The molecule has 0 amide bonds. The predicted octanol–water partition coefficient (Wildman–Crippen LogP) is 3.54. The molecule has 0 bridgehead atoms. The highest BCUT2D eigenvalue weighted by atomic mass is 32.2. The summed E-state index contributed by atoms with van der Waals surface area (Å²) in [5.74, 6) is 2.16. The minimum Gasteiger partial charge on any atom is -0.476 e. The summed E-state index contributed by atoms with van der Waals surface area (Å²) in [5, 5.41) is 3.48. The Morgan fingerprint density at radius 1 is 1.38 bits per heavy atom. The van der Waals surface area contributed by atoms with Crippen LogP contribution >= 0.6 is 11.8 Å². The van der Waals surface area contributed by atoms with Gasteiger partial charge in [0, 0.05) is 11.3 Å². The number of pyridine rings is 1. The Bertz CT molecular complexity index is 484. The first-order valence-corrected chi connectivity index (χ1v) is 9.12. The third-order valence-corrected chi connectivity index (χ3v) is 6.00. The van der Waals surface area contributed by atoms with Gasteiger partial charge in [0.2, 0.25) is 5.88 Å². The second kappa shape index (κ2) is 6.34. The molecule has 0 saturated heterocycles. The lowest BCUT2D eigenvalue weighted by atomic mass is 10.1. The molecule has 5 heteroatoms. The van der Waals surface area contributed by atoms with Crippen molar-refractivity contribution in [3.63, 3.8) is 0 Å². The van der Waals surface area contributed by atoms with Crippen molar-refractivity contribution in [2.75, 3.05) is 30.5 Å². The van der Waals surface area contributed by atoms with Gasteiger partial charge in [-0.1, -0.05) is 12.8 Å². The van der Waals surface area contributed by atoms with Gasteiger partial charge < -0.3 is 15.8 Å². The fourth-order valence-electron chi connectivity index (χ4n) is 2.87. The molecular weight excluding hydrogens is 282 g/mol. The van der Waals surface area contributed by atoms with Gasteiger partial charge >= 0.3 is 0 Å². The van der Waals surface area contributed by atoms with Crippen molar-refractivity contribution in [1.82, 2.24) is 4.98 Å². The molecule has 0 atom stereocenters. The van der Waals surface area contributed by atoms with Crippen LogP contribution in [0.3, 0.4) is 0 Å². The van der Waals surface area contributed by atoms with Crippen molar-refractivity contribution in [2.45, 2.75) is 43.3 Å². The van der Waals surface area contributed by atoms with Crippen molar-refractivity contribution in [2.24, 2.45) is 5.92 Å². The lowest BCUT2D eigenvalue weighted by molar-refractivity contribution is 0.290. The number of nitrogen functional groups attached to an aromatic ring is 1. The zero-order chi connectivity index (χ0) is 14.7. The number of rotatable bonds is 7. The molecule has 4 nitrogen and oxygen atoms in total. The Morgan fingerprint density at radius 2 is 2.14 bits per heavy atom. The van der Waals surface area contributed by atoms with Crippen molar-refractivity contribution >= 4 is 23.3 Å². The van der Waals surface area contributed by atoms with E-state index in [1.54, 1.807) is 0 Å². The zero-order valence-corrected chi connectivity index (χ0v) is 13.5. The van der Waals surface area contributed by atoms with Gasteiger partial charge in [0.15, 0.2) is 0 Å². The van der Waals surface area contributed by atoms with Crippen LogP contribution in [0.15, 0.2) is 12.1 Å². The Labute approximate surface area is 131 Å². The van der Waals surface area contributed by atoms with Gasteiger partial charge in [0.05, 0.1) is 12.3 Å². The predicted molar refractivity (Wildman–Crippen MR) is 90.1 cm³/mol. The van der Waals surface area contributed by atoms with E-state index in [0.29, 0.717) is 22.2 Å². The normalized spacial score (nSPS) is 20.4. The van der Waals surface area contributed by atoms with Crippen LogP contribution in [-0.4, -0.2) is 29.1 Å². The number of hydrogen-bond donors (Lipinski definition) is 2. The third-order valence-electron chi connectivity index (χ3n) is 4.58. The van der Waals surface area contributed by atoms with Crippen LogP contribution in [0.5, 0.6) is 5.88 Å². The van der Waals surface area contributed by atoms with Gasteiger partial charge in [0.25, 0.3) is 0 Å². The fraction of sp³-hybridized carbons (Fsp3) is 0.688. The average Bonchev–Trinajstić information content (AvgIpc) is 3.22. The van der Waals surface area contributed by atoms with E-state index in [-0.39, 0.29) is 0 Å². The smallest absolute Gasteiger partial charge is 0.239 e. The molecule has 0 radical (unpaired) electrons. The van der Waals surface area contributed by atoms with Crippen LogP contribution in [0.1, 0.15) is 38.5 Å². The molecule has 116 valence electrons. The van der Waals surface area contributed by atoms with Crippen LogP contribution in [-0.2, 0) is 0 Å². The molecule has 0 spiro atoms. The Kier molecular flexibility index (Phi) is 4.48. The van der Waals surface area contributed by atoms with Gasteiger partial charge in [-0.3, -0.25) is 0 Å². The first-order chi connectivity index (χ1) is 10.2. The minimum atomic E-state index is 0.373. The quantitative estimate of drug-likeness (QED) is 0.807. The van der Waals surface area contributed by atoms with Gasteiger partial charge in [0.1, 0.15) is 5.82 Å². The Hall–Kier alpha value is -1.10. The van der Waals surface area contributed by atoms with Gasteiger partial charge in [-0.05, 0) is 50.0 Å². The van der Waals surface area contributed by atoms with Crippen molar-refractivity contribution in [1.29, 1.82) is 0 Å². The minimum absolute atomic E-state index is 0.373. The summed E-state index contributed by atoms with van der Waals surface area (Å²) in [4.78, 5) is 4.53. The number of nitrogens with zero attached hydrogens (tertiary/aromatic N) is 1. The summed E-state index contributed by atoms with van der Waals surface area (Å²) in [5.41, 5.74) is 6.57. The number of anilines is 2. The van der Waals surface area contributed by atoms with E-state index in [2.05, 4.69) is 16.6 Å². The Balaban J connectivity index is 1.60. The standard InChI is InChI=1S/C16H25N3OS/c1-21-16(8-2-3-9-16)11-18-14-7-6-13(17)15(19-14)20-10-12-4-5-12/h6-7,12H,2-5,8-11,17H2,1H3,(H,18,19). The molecule has 2 saturated carbocycles. The summed E-state index contributed by atoms with van der Waals surface area (Å²) in [7, 11) is 0. The summed E-state index contributed by atoms with van der Waals surface area (Å²) in [6, 6.07) is 3.83. The maximum Gasteiger partial charge on any atom is 0.239 e. The second-order valence-electron chi connectivity index (χ2n) is 6.29. The summed E-state index contributed by atoms with van der Waals surface area (Å²) in [6.45, 7) is 1.71. The number of nitrogens with two attached hydrogens (primary N) is 1. The van der Waals surface area contributed by atoms with Crippen LogP contribution in [0.4, 0.5) is 11.5 Å². The monoisotopic (exact) mass is 307 g/mol. The molecule has 21 heavy (non-hydrogen) atoms. The lowest BCUT2D eigenvalue weighted by Gasteiger charge is -2.27.